The molecule has 0 fully saturated rings. The topological polar surface area (TPSA) is 60.8 Å². The fourth-order valence-electron chi connectivity index (χ4n) is 2.60. The molecule has 0 atom stereocenters. The standard InChI is InChI=1S/C17H14N2O3/c1-21-15-9-13-12(6-3-7-14(13)19-20)16(17(15)22-2)11-5-4-8-18-10-11/h3-10H,1-2H3. The normalized spacial score (nSPS) is 10.5. The Labute approximate surface area is 127 Å². The SMILES string of the molecule is COc1cc2c(N=O)cccc2c(-c2cccnc2)c1OC. The molecular weight excluding hydrogens is 280 g/mol. The highest BCUT2D eigenvalue weighted by molar-refractivity contribution is 6.06. The van der Waals surface area contributed by atoms with Gasteiger partial charge in [-0.25, -0.2) is 0 Å². The van der Waals surface area contributed by atoms with Crippen molar-refractivity contribution in [3.8, 4) is 22.6 Å². The third-order valence-corrected chi connectivity index (χ3v) is 3.55. The van der Waals surface area contributed by atoms with Crippen LogP contribution in [0.3, 0.4) is 0 Å². The molecule has 0 bridgehead atoms. The van der Waals surface area contributed by atoms with Crippen LogP contribution < -0.4 is 9.47 Å². The van der Waals surface area contributed by atoms with Crippen molar-refractivity contribution in [1.82, 2.24) is 4.98 Å². The van der Waals surface area contributed by atoms with E-state index in [1.54, 1.807) is 44.8 Å². The Morgan fingerprint density at radius 1 is 1.05 bits per heavy atom. The van der Waals surface area contributed by atoms with Crippen molar-refractivity contribution in [1.29, 1.82) is 0 Å². The first-order valence-electron chi connectivity index (χ1n) is 6.71. The molecule has 0 aliphatic carbocycles. The van der Waals surface area contributed by atoms with E-state index in [4.69, 9.17) is 9.47 Å². The molecule has 3 aromatic rings. The van der Waals surface area contributed by atoms with Crippen LogP contribution in [0.1, 0.15) is 0 Å². The van der Waals surface area contributed by atoms with Gasteiger partial charge in [0.15, 0.2) is 11.5 Å². The average Bonchev–Trinajstić information content (AvgIpc) is 2.59. The first-order valence-corrected chi connectivity index (χ1v) is 6.71. The molecule has 0 saturated heterocycles. The van der Waals surface area contributed by atoms with E-state index in [-0.39, 0.29) is 0 Å². The van der Waals surface area contributed by atoms with Gasteiger partial charge in [0.2, 0.25) is 0 Å². The van der Waals surface area contributed by atoms with Crippen LogP contribution in [0.2, 0.25) is 0 Å². The summed E-state index contributed by atoms with van der Waals surface area (Å²) in [5.74, 6) is 1.15. The van der Waals surface area contributed by atoms with Gasteiger partial charge in [-0.1, -0.05) is 18.2 Å². The fourth-order valence-corrected chi connectivity index (χ4v) is 2.60. The Balaban J connectivity index is 2.48. The number of ether oxygens (including phenoxy) is 2. The zero-order valence-corrected chi connectivity index (χ0v) is 12.2. The second kappa shape index (κ2) is 5.81. The van der Waals surface area contributed by atoms with Crippen LogP contribution in [-0.2, 0) is 0 Å². The maximum atomic E-state index is 11.1. The van der Waals surface area contributed by atoms with Gasteiger partial charge in [-0.3, -0.25) is 4.98 Å². The van der Waals surface area contributed by atoms with E-state index >= 15 is 0 Å². The molecule has 0 spiro atoms. The minimum atomic E-state index is 0.364. The van der Waals surface area contributed by atoms with Gasteiger partial charge in [0.1, 0.15) is 5.69 Å². The predicted octanol–water partition coefficient (Wildman–Crippen LogP) is 4.32. The highest BCUT2D eigenvalue weighted by Crippen LogP contribution is 2.45. The molecule has 22 heavy (non-hydrogen) atoms. The van der Waals surface area contributed by atoms with E-state index in [2.05, 4.69) is 10.2 Å². The second-order valence-electron chi connectivity index (χ2n) is 4.69. The first-order chi connectivity index (χ1) is 10.8. The summed E-state index contributed by atoms with van der Waals surface area (Å²) >= 11 is 0. The monoisotopic (exact) mass is 294 g/mol. The molecule has 0 aliphatic rings. The van der Waals surface area contributed by atoms with Crippen molar-refractivity contribution in [2.45, 2.75) is 0 Å². The van der Waals surface area contributed by atoms with Crippen LogP contribution in [0.15, 0.2) is 54.0 Å². The van der Waals surface area contributed by atoms with Crippen LogP contribution in [-0.4, -0.2) is 19.2 Å². The lowest BCUT2D eigenvalue weighted by atomic mass is 9.96. The number of fused-ring (bicyclic) bond motifs is 1. The zero-order valence-electron chi connectivity index (χ0n) is 12.2. The molecule has 0 radical (unpaired) electrons. The summed E-state index contributed by atoms with van der Waals surface area (Å²) in [5.41, 5.74) is 2.07. The average molecular weight is 294 g/mol. The summed E-state index contributed by atoms with van der Waals surface area (Å²) in [7, 11) is 3.15. The molecule has 1 heterocycles. The quantitative estimate of drug-likeness (QED) is 0.672. The predicted molar refractivity (Wildman–Crippen MR) is 85.7 cm³/mol. The number of hydrogen-bond donors (Lipinski definition) is 0. The lowest BCUT2D eigenvalue weighted by Gasteiger charge is -2.16. The Bertz CT molecular complexity index is 832. The van der Waals surface area contributed by atoms with E-state index in [0.717, 1.165) is 16.5 Å². The number of methoxy groups -OCH3 is 2. The maximum absolute atomic E-state index is 11.1. The number of benzene rings is 2. The van der Waals surface area contributed by atoms with Crippen LogP contribution in [0, 0.1) is 4.91 Å². The number of hydrogen-bond acceptors (Lipinski definition) is 5. The molecular formula is C17H14N2O3. The molecule has 0 N–H and O–H groups in total. The molecule has 3 rings (SSSR count). The number of nitrogens with zero attached hydrogens (tertiary/aromatic N) is 2. The van der Waals surface area contributed by atoms with E-state index in [1.807, 2.05) is 18.2 Å². The Morgan fingerprint density at radius 3 is 2.55 bits per heavy atom. The van der Waals surface area contributed by atoms with Crippen molar-refractivity contribution < 1.29 is 9.47 Å². The highest BCUT2D eigenvalue weighted by Gasteiger charge is 2.18. The summed E-state index contributed by atoms with van der Waals surface area (Å²) in [5, 5.41) is 4.68. The van der Waals surface area contributed by atoms with Crippen molar-refractivity contribution in [2.75, 3.05) is 14.2 Å². The summed E-state index contributed by atoms with van der Waals surface area (Å²) in [6, 6.07) is 10.9. The molecule has 0 unspecified atom stereocenters. The van der Waals surface area contributed by atoms with E-state index in [0.29, 0.717) is 22.6 Å². The molecule has 0 saturated carbocycles. The van der Waals surface area contributed by atoms with Gasteiger partial charge in [0.25, 0.3) is 0 Å². The third kappa shape index (κ3) is 2.16. The largest absolute Gasteiger partial charge is 0.493 e. The molecule has 0 aliphatic heterocycles. The van der Waals surface area contributed by atoms with Crippen LogP contribution >= 0.6 is 0 Å². The lowest BCUT2D eigenvalue weighted by Crippen LogP contribution is -1.95. The Kier molecular flexibility index (Phi) is 3.70. The summed E-state index contributed by atoms with van der Waals surface area (Å²) in [4.78, 5) is 15.2. The Morgan fingerprint density at radius 2 is 1.91 bits per heavy atom. The van der Waals surface area contributed by atoms with E-state index < -0.39 is 0 Å². The minimum absolute atomic E-state index is 0.364. The second-order valence-corrected chi connectivity index (χ2v) is 4.69. The minimum Gasteiger partial charge on any atom is -0.493 e. The molecule has 0 amide bonds. The van der Waals surface area contributed by atoms with Crippen molar-refractivity contribution in [3.05, 3.63) is 53.7 Å². The lowest BCUT2D eigenvalue weighted by molar-refractivity contribution is 0.357. The fraction of sp³-hybridized carbons (Fsp3) is 0.118. The third-order valence-electron chi connectivity index (χ3n) is 3.55. The van der Waals surface area contributed by atoms with Crippen molar-refractivity contribution >= 4 is 16.5 Å². The number of aromatic nitrogens is 1. The van der Waals surface area contributed by atoms with Crippen LogP contribution in [0.4, 0.5) is 5.69 Å². The number of rotatable bonds is 4. The van der Waals surface area contributed by atoms with Gasteiger partial charge >= 0.3 is 0 Å². The summed E-state index contributed by atoms with van der Waals surface area (Å²) in [6.07, 6.45) is 3.45. The van der Waals surface area contributed by atoms with Crippen molar-refractivity contribution in [2.24, 2.45) is 5.18 Å². The smallest absolute Gasteiger partial charge is 0.169 e. The summed E-state index contributed by atoms with van der Waals surface area (Å²) < 4.78 is 11.0. The zero-order chi connectivity index (χ0) is 15.5. The van der Waals surface area contributed by atoms with Gasteiger partial charge in [0.05, 0.1) is 14.2 Å². The van der Waals surface area contributed by atoms with Gasteiger partial charge in [-0.2, -0.15) is 0 Å². The molecule has 110 valence electrons. The molecule has 2 aromatic carbocycles. The number of pyridine rings is 1. The maximum Gasteiger partial charge on any atom is 0.169 e. The van der Waals surface area contributed by atoms with Gasteiger partial charge in [-0.15, -0.1) is 4.91 Å². The summed E-state index contributed by atoms with van der Waals surface area (Å²) in [6.45, 7) is 0. The molecule has 5 nitrogen and oxygen atoms in total. The van der Waals surface area contributed by atoms with Crippen LogP contribution in [0.5, 0.6) is 11.5 Å². The van der Waals surface area contributed by atoms with Gasteiger partial charge in [-0.05, 0) is 28.8 Å². The molecule has 1 aromatic heterocycles. The van der Waals surface area contributed by atoms with Crippen LogP contribution in [0.25, 0.3) is 21.9 Å². The first kappa shape index (κ1) is 14.0. The molecule has 5 heteroatoms. The van der Waals surface area contributed by atoms with E-state index in [9.17, 15) is 4.91 Å². The van der Waals surface area contributed by atoms with Gasteiger partial charge in [0, 0.05) is 28.9 Å². The Hall–Kier alpha value is -2.95. The highest BCUT2D eigenvalue weighted by atomic mass is 16.5. The number of nitroso groups, excluding NO2 is 1. The van der Waals surface area contributed by atoms with Crippen molar-refractivity contribution in [3.63, 3.8) is 0 Å². The van der Waals surface area contributed by atoms with E-state index in [1.165, 1.54) is 0 Å². The van der Waals surface area contributed by atoms with Gasteiger partial charge < -0.3 is 9.47 Å².